The molecule has 0 aromatic heterocycles. The van der Waals surface area contributed by atoms with Crippen molar-refractivity contribution >= 4 is 20.6 Å². The number of rotatable bonds is 3. The van der Waals surface area contributed by atoms with Crippen LogP contribution in [0.2, 0.25) is 0 Å². The van der Waals surface area contributed by atoms with Gasteiger partial charge in [-0.3, -0.25) is 4.90 Å². The standard InChI is InChI=1S/C15H16BrF3N2O/c16-14-7-13(22-20-14)11-5-6-21(9-11)8-10-1-3-12(4-2-10)15(17,18)19/h1-4,11,13H,5-9H2/t11?,13-/m0/s1. The number of halogens is 4. The molecule has 1 aromatic carbocycles. The van der Waals surface area contributed by atoms with Crippen LogP contribution in [-0.2, 0) is 17.6 Å². The zero-order valence-corrected chi connectivity index (χ0v) is 13.4. The molecule has 2 heterocycles. The minimum Gasteiger partial charge on any atom is -0.391 e. The molecule has 0 amide bonds. The van der Waals surface area contributed by atoms with Crippen LogP contribution in [0.1, 0.15) is 24.0 Å². The zero-order chi connectivity index (χ0) is 15.7. The van der Waals surface area contributed by atoms with Crippen LogP contribution in [0, 0.1) is 5.92 Å². The Morgan fingerprint density at radius 3 is 2.59 bits per heavy atom. The number of oxime groups is 1. The first-order valence-corrected chi connectivity index (χ1v) is 7.98. The van der Waals surface area contributed by atoms with E-state index in [4.69, 9.17) is 4.84 Å². The van der Waals surface area contributed by atoms with E-state index in [0.29, 0.717) is 12.5 Å². The van der Waals surface area contributed by atoms with E-state index in [0.717, 1.165) is 48.2 Å². The van der Waals surface area contributed by atoms with Gasteiger partial charge in [-0.1, -0.05) is 17.3 Å². The molecule has 2 aliphatic heterocycles. The van der Waals surface area contributed by atoms with E-state index in [1.807, 2.05) is 0 Å². The summed E-state index contributed by atoms with van der Waals surface area (Å²) >= 11 is 3.34. The molecule has 1 fully saturated rings. The van der Waals surface area contributed by atoms with Crippen molar-refractivity contribution in [2.45, 2.75) is 31.7 Å². The van der Waals surface area contributed by atoms with E-state index >= 15 is 0 Å². The molecule has 1 aromatic rings. The predicted molar refractivity (Wildman–Crippen MR) is 80.7 cm³/mol. The molecule has 22 heavy (non-hydrogen) atoms. The quantitative estimate of drug-likeness (QED) is 0.795. The number of hydrogen-bond acceptors (Lipinski definition) is 3. The Morgan fingerprint density at radius 2 is 2.00 bits per heavy atom. The van der Waals surface area contributed by atoms with Gasteiger partial charge < -0.3 is 4.84 Å². The third-order valence-electron chi connectivity index (χ3n) is 4.18. The molecule has 1 unspecified atom stereocenters. The number of benzene rings is 1. The van der Waals surface area contributed by atoms with Crippen LogP contribution < -0.4 is 0 Å². The van der Waals surface area contributed by atoms with Crippen molar-refractivity contribution in [3.63, 3.8) is 0 Å². The normalized spacial score (nSPS) is 26.1. The molecule has 0 N–H and O–H groups in total. The fourth-order valence-corrected chi connectivity index (χ4v) is 3.39. The van der Waals surface area contributed by atoms with E-state index in [-0.39, 0.29) is 6.10 Å². The summed E-state index contributed by atoms with van der Waals surface area (Å²) in [7, 11) is 0. The summed E-state index contributed by atoms with van der Waals surface area (Å²) in [6.45, 7) is 2.49. The van der Waals surface area contributed by atoms with Crippen LogP contribution in [0.4, 0.5) is 13.2 Å². The first-order valence-electron chi connectivity index (χ1n) is 7.18. The Kier molecular flexibility index (Phi) is 4.45. The maximum absolute atomic E-state index is 12.5. The van der Waals surface area contributed by atoms with E-state index in [2.05, 4.69) is 26.0 Å². The second-order valence-electron chi connectivity index (χ2n) is 5.79. The lowest BCUT2D eigenvalue weighted by molar-refractivity contribution is -0.137. The van der Waals surface area contributed by atoms with Crippen LogP contribution in [0.3, 0.4) is 0 Å². The van der Waals surface area contributed by atoms with Gasteiger partial charge in [0.25, 0.3) is 0 Å². The summed E-state index contributed by atoms with van der Waals surface area (Å²) in [5, 5.41) is 3.91. The van der Waals surface area contributed by atoms with Gasteiger partial charge in [-0.15, -0.1) is 0 Å². The molecule has 2 aliphatic rings. The molecule has 3 rings (SSSR count). The van der Waals surface area contributed by atoms with Gasteiger partial charge in [-0.2, -0.15) is 13.2 Å². The second kappa shape index (κ2) is 6.20. The van der Waals surface area contributed by atoms with Gasteiger partial charge in [0.1, 0.15) is 10.7 Å². The first-order chi connectivity index (χ1) is 10.4. The molecule has 7 heteroatoms. The van der Waals surface area contributed by atoms with Gasteiger partial charge in [-0.25, -0.2) is 0 Å². The molecule has 0 aliphatic carbocycles. The summed E-state index contributed by atoms with van der Waals surface area (Å²) in [4.78, 5) is 7.64. The van der Waals surface area contributed by atoms with Gasteiger partial charge in [0.05, 0.1) is 5.56 Å². The number of likely N-dealkylation sites (tertiary alicyclic amines) is 1. The fraction of sp³-hybridized carbons (Fsp3) is 0.533. The first kappa shape index (κ1) is 15.8. The van der Waals surface area contributed by atoms with E-state index in [9.17, 15) is 13.2 Å². The average Bonchev–Trinajstić information content (AvgIpc) is 3.07. The van der Waals surface area contributed by atoms with Crippen molar-refractivity contribution in [1.29, 1.82) is 0 Å². The highest BCUT2D eigenvalue weighted by Gasteiger charge is 2.34. The number of hydrogen-bond donors (Lipinski definition) is 0. The Labute approximate surface area is 135 Å². The van der Waals surface area contributed by atoms with Crippen molar-refractivity contribution in [3.05, 3.63) is 35.4 Å². The highest BCUT2D eigenvalue weighted by atomic mass is 79.9. The SMILES string of the molecule is FC(F)(F)c1ccc(CN2CCC([C@@H]3CC(Br)=NO3)C2)cc1. The summed E-state index contributed by atoms with van der Waals surface area (Å²) < 4.78 is 38.5. The lowest BCUT2D eigenvalue weighted by Gasteiger charge is -2.18. The number of alkyl halides is 3. The second-order valence-corrected chi connectivity index (χ2v) is 6.71. The summed E-state index contributed by atoms with van der Waals surface area (Å²) in [6, 6.07) is 5.41. The Hall–Kier alpha value is -1.08. The Bertz CT molecular complexity index is 559. The average molecular weight is 377 g/mol. The molecular weight excluding hydrogens is 361 g/mol. The van der Waals surface area contributed by atoms with Gasteiger partial charge >= 0.3 is 6.18 Å². The number of nitrogens with zero attached hydrogens (tertiary/aromatic N) is 2. The molecular formula is C15H16BrF3N2O. The zero-order valence-electron chi connectivity index (χ0n) is 11.8. The van der Waals surface area contributed by atoms with Gasteiger partial charge in [0.15, 0.2) is 0 Å². The van der Waals surface area contributed by atoms with Crippen LogP contribution in [0.25, 0.3) is 0 Å². The smallest absolute Gasteiger partial charge is 0.391 e. The largest absolute Gasteiger partial charge is 0.416 e. The Morgan fingerprint density at radius 1 is 1.27 bits per heavy atom. The van der Waals surface area contributed by atoms with Gasteiger partial charge in [0.2, 0.25) is 0 Å². The fourth-order valence-electron chi connectivity index (χ4n) is 2.99. The van der Waals surface area contributed by atoms with Crippen molar-refractivity contribution in [1.82, 2.24) is 4.90 Å². The minimum absolute atomic E-state index is 0.118. The minimum atomic E-state index is -4.27. The monoisotopic (exact) mass is 376 g/mol. The maximum atomic E-state index is 12.5. The predicted octanol–water partition coefficient (Wildman–Crippen LogP) is 4.02. The molecule has 1 saturated heterocycles. The van der Waals surface area contributed by atoms with Crippen LogP contribution in [0.15, 0.2) is 29.4 Å². The van der Waals surface area contributed by atoms with E-state index in [1.165, 1.54) is 0 Å². The van der Waals surface area contributed by atoms with Gasteiger partial charge in [0, 0.05) is 25.4 Å². The van der Waals surface area contributed by atoms with E-state index in [1.54, 1.807) is 12.1 Å². The molecule has 0 spiro atoms. The molecule has 0 saturated carbocycles. The summed E-state index contributed by atoms with van der Waals surface area (Å²) in [6.07, 6.45) is -2.32. The van der Waals surface area contributed by atoms with Crippen molar-refractivity contribution in [2.75, 3.05) is 13.1 Å². The lowest BCUT2D eigenvalue weighted by atomic mass is 10.00. The van der Waals surface area contributed by atoms with Gasteiger partial charge in [-0.05, 0) is 46.6 Å². The van der Waals surface area contributed by atoms with Crippen LogP contribution in [0.5, 0.6) is 0 Å². The summed E-state index contributed by atoms with van der Waals surface area (Å²) in [5.74, 6) is 0.424. The molecule has 0 bridgehead atoms. The van der Waals surface area contributed by atoms with Crippen molar-refractivity contribution < 1.29 is 18.0 Å². The van der Waals surface area contributed by atoms with Crippen molar-refractivity contribution in [3.8, 4) is 0 Å². The van der Waals surface area contributed by atoms with Crippen molar-refractivity contribution in [2.24, 2.45) is 11.1 Å². The Balaban J connectivity index is 1.54. The third kappa shape index (κ3) is 3.63. The van der Waals surface area contributed by atoms with Crippen LogP contribution >= 0.6 is 15.9 Å². The summed E-state index contributed by atoms with van der Waals surface area (Å²) in [5.41, 5.74) is 0.301. The molecule has 3 nitrogen and oxygen atoms in total. The molecule has 120 valence electrons. The van der Waals surface area contributed by atoms with E-state index < -0.39 is 11.7 Å². The molecule has 0 radical (unpaired) electrons. The lowest BCUT2D eigenvalue weighted by Crippen LogP contribution is -2.25. The molecule has 2 atom stereocenters. The maximum Gasteiger partial charge on any atom is 0.416 e. The topological polar surface area (TPSA) is 24.8 Å². The van der Waals surface area contributed by atoms with Crippen LogP contribution in [-0.4, -0.2) is 28.7 Å². The highest BCUT2D eigenvalue weighted by molar-refractivity contribution is 9.18. The highest BCUT2D eigenvalue weighted by Crippen LogP contribution is 2.31. The third-order valence-corrected chi connectivity index (χ3v) is 4.65.